The van der Waals surface area contributed by atoms with Gasteiger partial charge in [-0.2, -0.15) is 5.06 Å². The van der Waals surface area contributed by atoms with Crippen molar-refractivity contribution in [2.75, 3.05) is 0 Å². The van der Waals surface area contributed by atoms with Crippen molar-refractivity contribution in [1.82, 2.24) is 5.06 Å². The van der Waals surface area contributed by atoms with Crippen LogP contribution in [0.3, 0.4) is 0 Å². The summed E-state index contributed by atoms with van der Waals surface area (Å²) in [5, 5.41) is 12.3. The minimum absolute atomic E-state index is 0.177. The lowest BCUT2D eigenvalue weighted by atomic mass is 9.57. The Morgan fingerprint density at radius 2 is 0.944 bits per heavy atom. The van der Waals surface area contributed by atoms with E-state index < -0.39 is 0 Å². The maximum absolute atomic E-state index is 10.7. The van der Waals surface area contributed by atoms with Crippen molar-refractivity contribution in [3.05, 3.63) is 0 Å². The Labute approximate surface area is 114 Å². The van der Waals surface area contributed by atoms with Gasteiger partial charge in [-0.25, -0.2) is 0 Å². The van der Waals surface area contributed by atoms with E-state index in [0.717, 1.165) is 0 Å². The summed E-state index contributed by atoms with van der Waals surface area (Å²) in [6.45, 7) is 22.5. The molecular weight excluding hydrogens is 222 g/mol. The highest BCUT2D eigenvalue weighted by Gasteiger charge is 2.63. The Kier molecular flexibility index (Phi) is 3.51. The van der Waals surface area contributed by atoms with Crippen LogP contribution in [-0.2, 0) is 0 Å². The van der Waals surface area contributed by atoms with Crippen molar-refractivity contribution >= 4 is 0 Å². The molecule has 0 saturated carbocycles. The molecule has 1 fully saturated rings. The van der Waals surface area contributed by atoms with Crippen molar-refractivity contribution in [3.8, 4) is 0 Å². The Morgan fingerprint density at radius 1 is 0.722 bits per heavy atom. The first kappa shape index (κ1) is 16.0. The molecule has 1 saturated heterocycles. The summed E-state index contributed by atoms with van der Waals surface area (Å²) in [5.41, 5.74) is -0.0359. The fraction of sp³-hybridized carbons (Fsp3) is 1.00. The minimum Gasteiger partial charge on any atom is -0.313 e. The van der Waals surface area contributed by atoms with Gasteiger partial charge in [0, 0.05) is 11.1 Å². The van der Waals surface area contributed by atoms with Gasteiger partial charge < -0.3 is 5.21 Å². The van der Waals surface area contributed by atoms with Crippen molar-refractivity contribution < 1.29 is 5.21 Å². The molecule has 0 aromatic carbocycles. The van der Waals surface area contributed by atoms with Gasteiger partial charge in [0.1, 0.15) is 0 Å². The maximum atomic E-state index is 10.7. The fourth-order valence-electron chi connectivity index (χ4n) is 4.94. The zero-order chi connectivity index (χ0) is 14.7. The molecule has 0 amide bonds. The normalized spacial score (nSPS) is 32.8. The van der Waals surface area contributed by atoms with Crippen LogP contribution in [0, 0.1) is 22.7 Å². The summed E-state index contributed by atoms with van der Waals surface area (Å²) >= 11 is 0. The molecule has 0 bridgehead atoms. The highest BCUT2D eigenvalue weighted by atomic mass is 16.5. The predicted octanol–water partition coefficient (Wildman–Crippen LogP) is 4.57. The van der Waals surface area contributed by atoms with E-state index >= 15 is 0 Å². The Bertz CT molecular complexity index is 285. The van der Waals surface area contributed by atoms with E-state index in [4.69, 9.17) is 0 Å². The third-order valence-corrected chi connectivity index (χ3v) is 4.81. The van der Waals surface area contributed by atoms with Gasteiger partial charge in [-0.15, -0.1) is 0 Å². The monoisotopic (exact) mass is 255 g/mol. The second-order valence-electron chi connectivity index (χ2n) is 9.31. The summed E-state index contributed by atoms with van der Waals surface area (Å²) in [7, 11) is 0. The number of nitrogens with zero attached hydrogens (tertiary/aromatic N) is 1. The fourth-order valence-corrected chi connectivity index (χ4v) is 4.94. The van der Waals surface area contributed by atoms with E-state index in [1.54, 1.807) is 5.06 Å². The average molecular weight is 255 g/mol. The topological polar surface area (TPSA) is 23.5 Å². The maximum Gasteiger partial charge on any atom is 0.0447 e. The SMILES string of the molecule is CC(C)(C)C1C(C(C)(C)C)C(C)(C)N(O)C1(C)C. The first-order chi connectivity index (χ1) is 7.64. The van der Waals surface area contributed by atoms with Gasteiger partial charge in [-0.3, -0.25) is 0 Å². The predicted molar refractivity (Wildman–Crippen MR) is 77.7 cm³/mol. The molecule has 2 heteroatoms. The molecule has 2 unspecified atom stereocenters. The molecule has 0 aliphatic carbocycles. The van der Waals surface area contributed by atoms with Gasteiger partial charge in [0.25, 0.3) is 0 Å². The Hall–Kier alpha value is -0.0800. The molecule has 1 N–H and O–H groups in total. The highest BCUT2D eigenvalue weighted by Crippen LogP contribution is 2.59. The molecule has 0 radical (unpaired) electrons. The zero-order valence-corrected chi connectivity index (χ0v) is 14.0. The number of hydrogen-bond donors (Lipinski definition) is 1. The van der Waals surface area contributed by atoms with Crippen LogP contribution in [0.15, 0.2) is 0 Å². The lowest BCUT2D eigenvalue weighted by molar-refractivity contribution is -0.205. The van der Waals surface area contributed by atoms with E-state index in [-0.39, 0.29) is 21.9 Å². The van der Waals surface area contributed by atoms with E-state index in [1.807, 2.05) is 0 Å². The molecule has 1 heterocycles. The van der Waals surface area contributed by atoms with Crippen LogP contribution in [0.4, 0.5) is 0 Å². The van der Waals surface area contributed by atoms with Crippen LogP contribution >= 0.6 is 0 Å². The molecular formula is C16H33NO. The third-order valence-electron chi connectivity index (χ3n) is 4.81. The minimum atomic E-state index is -0.195. The Morgan fingerprint density at radius 3 is 1.11 bits per heavy atom. The quantitative estimate of drug-likeness (QED) is 0.685. The molecule has 2 atom stereocenters. The molecule has 2 nitrogen and oxygen atoms in total. The lowest BCUT2D eigenvalue weighted by Gasteiger charge is -2.46. The first-order valence-corrected chi connectivity index (χ1v) is 7.14. The van der Waals surface area contributed by atoms with Gasteiger partial charge in [-0.1, -0.05) is 41.5 Å². The van der Waals surface area contributed by atoms with E-state index in [0.29, 0.717) is 11.8 Å². The molecule has 1 aliphatic heterocycles. The van der Waals surface area contributed by atoms with Crippen LogP contribution in [0.1, 0.15) is 69.2 Å². The van der Waals surface area contributed by atoms with Crippen LogP contribution in [0.2, 0.25) is 0 Å². The Balaban J connectivity index is 3.44. The summed E-state index contributed by atoms with van der Waals surface area (Å²) in [4.78, 5) is 0. The van der Waals surface area contributed by atoms with Crippen LogP contribution in [0.25, 0.3) is 0 Å². The number of rotatable bonds is 0. The zero-order valence-electron chi connectivity index (χ0n) is 14.0. The molecule has 1 rings (SSSR count). The molecule has 1 aliphatic rings. The van der Waals surface area contributed by atoms with Gasteiger partial charge >= 0.3 is 0 Å². The van der Waals surface area contributed by atoms with E-state index in [1.165, 1.54) is 0 Å². The molecule has 0 spiro atoms. The molecule has 0 aromatic rings. The van der Waals surface area contributed by atoms with Gasteiger partial charge in [-0.05, 0) is 50.4 Å². The standard InChI is InChI=1S/C16H33NO/c1-13(2,3)11-12(14(4,5)6)16(9,10)17(18)15(11,7)8/h11-12,18H,1-10H3. The number of hydrogen-bond acceptors (Lipinski definition) is 2. The highest BCUT2D eigenvalue weighted by molar-refractivity contribution is 5.13. The average Bonchev–Trinajstić information content (AvgIpc) is 2.20. The molecule has 108 valence electrons. The second-order valence-corrected chi connectivity index (χ2v) is 9.31. The number of hydroxylamine groups is 2. The molecule has 18 heavy (non-hydrogen) atoms. The lowest BCUT2D eigenvalue weighted by Crippen LogP contribution is -2.49. The summed E-state index contributed by atoms with van der Waals surface area (Å²) in [6, 6.07) is 0. The van der Waals surface area contributed by atoms with Crippen molar-refractivity contribution in [3.63, 3.8) is 0 Å². The van der Waals surface area contributed by atoms with E-state index in [9.17, 15) is 5.21 Å². The van der Waals surface area contributed by atoms with Crippen molar-refractivity contribution in [2.24, 2.45) is 22.7 Å². The third kappa shape index (κ3) is 2.22. The van der Waals surface area contributed by atoms with Gasteiger partial charge in [0.15, 0.2) is 0 Å². The van der Waals surface area contributed by atoms with Gasteiger partial charge in [0.05, 0.1) is 0 Å². The van der Waals surface area contributed by atoms with Crippen molar-refractivity contribution in [1.29, 1.82) is 0 Å². The van der Waals surface area contributed by atoms with Crippen molar-refractivity contribution in [2.45, 2.75) is 80.3 Å². The smallest absolute Gasteiger partial charge is 0.0447 e. The van der Waals surface area contributed by atoms with Gasteiger partial charge in [0.2, 0.25) is 0 Å². The van der Waals surface area contributed by atoms with Crippen LogP contribution < -0.4 is 0 Å². The van der Waals surface area contributed by atoms with Crippen LogP contribution in [-0.4, -0.2) is 21.3 Å². The summed E-state index contributed by atoms with van der Waals surface area (Å²) in [6.07, 6.45) is 0. The largest absolute Gasteiger partial charge is 0.313 e. The summed E-state index contributed by atoms with van der Waals surface area (Å²) in [5.74, 6) is 0.898. The first-order valence-electron chi connectivity index (χ1n) is 7.14. The van der Waals surface area contributed by atoms with Crippen LogP contribution in [0.5, 0.6) is 0 Å². The molecule has 0 aromatic heterocycles. The van der Waals surface area contributed by atoms with E-state index in [2.05, 4.69) is 69.2 Å². The second kappa shape index (κ2) is 3.96. The summed E-state index contributed by atoms with van der Waals surface area (Å²) < 4.78 is 0.